The lowest BCUT2D eigenvalue weighted by Crippen LogP contribution is -1.97. The first-order valence-corrected chi connectivity index (χ1v) is 11.7. The summed E-state index contributed by atoms with van der Waals surface area (Å²) in [6.07, 6.45) is 4.23. The van der Waals surface area contributed by atoms with E-state index < -0.39 is 9.84 Å². The first-order valence-electron chi connectivity index (χ1n) is 9.76. The van der Waals surface area contributed by atoms with Crippen LogP contribution in [0.1, 0.15) is 24.5 Å². The molecule has 0 amide bonds. The molecule has 0 radical (unpaired) electrons. The summed E-state index contributed by atoms with van der Waals surface area (Å²) in [4.78, 5) is 0.383. The molecular formula is C24H25NO2S. The molecule has 0 aliphatic carbocycles. The summed E-state index contributed by atoms with van der Waals surface area (Å²) in [6, 6.07) is 22.7. The topological polar surface area (TPSA) is 39.1 Å². The van der Waals surface area contributed by atoms with Crippen molar-refractivity contribution in [1.82, 2.24) is 4.57 Å². The highest BCUT2D eigenvalue weighted by molar-refractivity contribution is 7.90. The van der Waals surface area contributed by atoms with Crippen molar-refractivity contribution in [2.45, 2.75) is 37.6 Å². The zero-order valence-electron chi connectivity index (χ0n) is 16.4. The standard InChI is InChI=1S/C24H25NO2S/c1-3-25-23-10-5-4-9-21(23)22-17-19(13-16-24(22)25)8-6-7-18-11-14-20(15-12-18)28(2,26)27/h4-5,9-17H,3,6-8H2,1-2H3. The van der Waals surface area contributed by atoms with Gasteiger partial charge in [-0.3, -0.25) is 0 Å². The van der Waals surface area contributed by atoms with Crippen molar-refractivity contribution in [3.8, 4) is 0 Å². The van der Waals surface area contributed by atoms with Crippen LogP contribution in [0.5, 0.6) is 0 Å². The third-order valence-corrected chi connectivity index (χ3v) is 6.56. The van der Waals surface area contributed by atoms with E-state index in [1.54, 1.807) is 12.1 Å². The lowest BCUT2D eigenvalue weighted by molar-refractivity contribution is 0.602. The van der Waals surface area contributed by atoms with Gasteiger partial charge in [0.25, 0.3) is 0 Å². The Hall–Kier alpha value is -2.59. The van der Waals surface area contributed by atoms with Crippen molar-refractivity contribution in [1.29, 1.82) is 0 Å². The number of fused-ring (bicyclic) bond motifs is 3. The number of para-hydroxylation sites is 1. The Morgan fingerprint density at radius 3 is 2.14 bits per heavy atom. The molecule has 0 aliphatic rings. The molecule has 144 valence electrons. The van der Waals surface area contributed by atoms with E-state index in [2.05, 4.69) is 54.0 Å². The number of aromatic nitrogens is 1. The molecule has 28 heavy (non-hydrogen) atoms. The van der Waals surface area contributed by atoms with Crippen LogP contribution in [0.2, 0.25) is 0 Å². The smallest absolute Gasteiger partial charge is 0.175 e. The number of hydrogen-bond acceptors (Lipinski definition) is 2. The summed E-state index contributed by atoms with van der Waals surface area (Å²) in [5.41, 5.74) is 5.11. The van der Waals surface area contributed by atoms with Crippen molar-refractivity contribution in [2.24, 2.45) is 0 Å². The highest BCUT2D eigenvalue weighted by Crippen LogP contribution is 2.30. The van der Waals surface area contributed by atoms with Gasteiger partial charge < -0.3 is 4.57 Å². The number of nitrogens with zero attached hydrogens (tertiary/aromatic N) is 1. The maximum Gasteiger partial charge on any atom is 0.175 e. The van der Waals surface area contributed by atoms with Crippen molar-refractivity contribution >= 4 is 31.6 Å². The predicted octanol–water partition coefficient (Wildman–Crippen LogP) is 5.39. The van der Waals surface area contributed by atoms with Gasteiger partial charge in [-0.2, -0.15) is 0 Å². The molecule has 0 fully saturated rings. The van der Waals surface area contributed by atoms with E-state index in [4.69, 9.17) is 0 Å². The average molecular weight is 392 g/mol. The molecule has 3 aromatic carbocycles. The molecule has 1 heterocycles. The third kappa shape index (κ3) is 3.57. The van der Waals surface area contributed by atoms with Crippen LogP contribution in [-0.2, 0) is 29.2 Å². The van der Waals surface area contributed by atoms with E-state index in [0.717, 1.165) is 25.8 Å². The molecule has 4 aromatic rings. The Bertz CT molecular complexity index is 1240. The molecule has 4 rings (SSSR count). The lowest BCUT2D eigenvalue weighted by Gasteiger charge is -2.06. The fourth-order valence-corrected chi connectivity index (χ4v) is 4.63. The van der Waals surface area contributed by atoms with Crippen LogP contribution >= 0.6 is 0 Å². The number of benzene rings is 3. The van der Waals surface area contributed by atoms with E-state index in [0.29, 0.717) is 4.90 Å². The minimum atomic E-state index is -3.12. The van der Waals surface area contributed by atoms with Gasteiger partial charge in [0.2, 0.25) is 0 Å². The highest BCUT2D eigenvalue weighted by Gasteiger charge is 2.10. The molecule has 0 aliphatic heterocycles. The van der Waals surface area contributed by atoms with Crippen molar-refractivity contribution in [3.63, 3.8) is 0 Å². The van der Waals surface area contributed by atoms with E-state index >= 15 is 0 Å². The van der Waals surface area contributed by atoms with Crippen molar-refractivity contribution in [3.05, 3.63) is 77.9 Å². The number of sulfone groups is 1. The molecule has 4 heteroatoms. The molecule has 0 saturated heterocycles. The van der Waals surface area contributed by atoms with Crippen LogP contribution in [0, 0.1) is 0 Å². The van der Waals surface area contributed by atoms with Gasteiger partial charge in [0, 0.05) is 34.6 Å². The second-order valence-corrected chi connectivity index (χ2v) is 9.40. The summed E-state index contributed by atoms with van der Waals surface area (Å²) in [5, 5.41) is 2.64. The summed E-state index contributed by atoms with van der Waals surface area (Å²) in [7, 11) is -3.12. The average Bonchev–Trinajstić information content (AvgIpc) is 3.01. The molecule has 0 N–H and O–H groups in total. The Morgan fingerprint density at radius 2 is 1.43 bits per heavy atom. The van der Waals surface area contributed by atoms with E-state index in [1.807, 2.05) is 12.1 Å². The lowest BCUT2D eigenvalue weighted by atomic mass is 10.0. The first-order chi connectivity index (χ1) is 13.5. The molecule has 0 bridgehead atoms. The largest absolute Gasteiger partial charge is 0.341 e. The van der Waals surface area contributed by atoms with Crippen LogP contribution in [0.25, 0.3) is 21.8 Å². The SMILES string of the molecule is CCn1c2ccccc2c2cc(CCCc3ccc(S(C)(=O)=O)cc3)ccc21. The highest BCUT2D eigenvalue weighted by atomic mass is 32.2. The van der Waals surface area contributed by atoms with Gasteiger partial charge >= 0.3 is 0 Å². The van der Waals surface area contributed by atoms with Gasteiger partial charge in [-0.1, -0.05) is 36.4 Å². The number of aryl methyl sites for hydroxylation is 3. The van der Waals surface area contributed by atoms with Gasteiger partial charge in [-0.05, 0) is 67.6 Å². The Kier molecular flexibility index (Phi) is 4.98. The van der Waals surface area contributed by atoms with Crippen LogP contribution in [-0.4, -0.2) is 19.2 Å². The quantitative estimate of drug-likeness (QED) is 0.442. The van der Waals surface area contributed by atoms with E-state index in [9.17, 15) is 8.42 Å². The third-order valence-electron chi connectivity index (χ3n) is 5.44. The fourth-order valence-electron chi connectivity index (χ4n) is 4.00. The number of rotatable bonds is 6. The van der Waals surface area contributed by atoms with Crippen LogP contribution in [0.4, 0.5) is 0 Å². The van der Waals surface area contributed by atoms with Gasteiger partial charge in [0.1, 0.15) is 0 Å². The minimum Gasteiger partial charge on any atom is -0.341 e. The van der Waals surface area contributed by atoms with Crippen LogP contribution < -0.4 is 0 Å². The molecular weight excluding hydrogens is 366 g/mol. The fraction of sp³-hybridized carbons (Fsp3) is 0.250. The molecule has 0 unspecified atom stereocenters. The monoisotopic (exact) mass is 391 g/mol. The van der Waals surface area contributed by atoms with Gasteiger partial charge in [-0.25, -0.2) is 8.42 Å². The molecule has 3 nitrogen and oxygen atoms in total. The summed E-state index contributed by atoms with van der Waals surface area (Å²) >= 11 is 0. The molecule has 0 saturated carbocycles. The van der Waals surface area contributed by atoms with E-state index in [1.165, 1.54) is 39.2 Å². The zero-order valence-corrected chi connectivity index (χ0v) is 17.2. The van der Waals surface area contributed by atoms with Gasteiger partial charge in [0.15, 0.2) is 9.84 Å². The minimum absolute atomic E-state index is 0.383. The number of hydrogen-bond donors (Lipinski definition) is 0. The Morgan fingerprint density at radius 1 is 0.786 bits per heavy atom. The molecule has 0 atom stereocenters. The first kappa shape index (κ1) is 18.8. The van der Waals surface area contributed by atoms with E-state index in [-0.39, 0.29) is 0 Å². The van der Waals surface area contributed by atoms with Crippen molar-refractivity contribution in [2.75, 3.05) is 6.26 Å². The Balaban J connectivity index is 1.52. The van der Waals surface area contributed by atoms with Gasteiger partial charge in [-0.15, -0.1) is 0 Å². The summed E-state index contributed by atoms with van der Waals surface area (Å²) in [5.74, 6) is 0. The molecule has 0 spiro atoms. The maximum atomic E-state index is 11.6. The van der Waals surface area contributed by atoms with Crippen LogP contribution in [0.3, 0.4) is 0 Å². The van der Waals surface area contributed by atoms with Crippen LogP contribution in [0.15, 0.2) is 71.6 Å². The summed E-state index contributed by atoms with van der Waals surface area (Å²) < 4.78 is 25.5. The zero-order chi connectivity index (χ0) is 19.7. The Labute approximate surface area is 166 Å². The normalized spacial score (nSPS) is 12.1. The maximum absolute atomic E-state index is 11.6. The summed E-state index contributed by atoms with van der Waals surface area (Å²) in [6.45, 7) is 3.15. The second-order valence-electron chi connectivity index (χ2n) is 7.38. The predicted molar refractivity (Wildman–Crippen MR) is 117 cm³/mol. The van der Waals surface area contributed by atoms with Gasteiger partial charge in [0.05, 0.1) is 4.90 Å². The second kappa shape index (κ2) is 7.44. The molecule has 1 aromatic heterocycles. The van der Waals surface area contributed by atoms with Crippen molar-refractivity contribution < 1.29 is 8.42 Å².